The fraction of sp³-hybridized carbons (Fsp3) is 0.500. The van der Waals surface area contributed by atoms with E-state index in [1.807, 2.05) is 13.0 Å². The summed E-state index contributed by atoms with van der Waals surface area (Å²) in [5.74, 6) is 1.63. The highest BCUT2D eigenvalue weighted by Crippen LogP contribution is 2.41. The number of hydrogen-bond donors (Lipinski definition) is 1. The van der Waals surface area contributed by atoms with Crippen molar-refractivity contribution < 1.29 is 4.74 Å². The van der Waals surface area contributed by atoms with E-state index in [0.717, 1.165) is 30.3 Å². The van der Waals surface area contributed by atoms with Crippen LogP contribution in [-0.2, 0) is 0 Å². The first-order valence-electron chi connectivity index (χ1n) is 6.04. The molecule has 1 aromatic rings. The van der Waals surface area contributed by atoms with Gasteiger partial charge in [-0.25, -0.2) is 0 Å². The Hall–Kier alpha value is -1.31. The molecule has 0 unspecified atom stereocenters. The van der Waals surface area contributed by atoms with Gasteiger partial charge in [-0.3, -0.25) is 0 Å². The van der Waals surface area contributed by atoms with Gasteiger partial charge in [-0.05, 0) is 49.8 Å². The fourth-order valence-electron chi connectivity index (χ4n) is 1.85. The second-order valence-electron chi connectivity index (χ2n) is 4.50. The number of ether oxygens (including phenoxy) is 1. The molecule has 0 amide bonds. The van der Waals surface area contributed by atoms with Gasteiger partial charge < -0.3 is 10.1 Å². The molecule has 1 saturated carbocycles. The van der Waals surface area contributed by atoms with E-state index in [1.54, 1.807) is 0 Å². The highest BCUT2D eigenvalue weighted by atomic mass is 16.5. The third kappa shape index (κ3) is 2.43. The summed E-state index contributed by atoms with van der Waals surface area (Å²) in [4.78, 5) is 0. The fourth-order valence-corrected chi connectivity index (χ4v) is 1.85. The molecule has 1 fully saturated rings. The summed E-state index contributed by atoms with van der Waals surface area (Å²) in [6, 6.07) is 6.30. The summed E-state index contributed by atoms with van der Waals surface area (Å²) >= 11 is 0. The van der Waals surface area contributed by atoms with Crippen molar-refractivity contribution >= 4 is 5.71 Å². The highest BCUT2D eigenvalue weighted by Gasteiger charge is 2.24. The van der Waals surface area contributed by atoms with Crippen LogP contribution >= 0.6 is 0 Å². The second-order valence-corrected chi connectivity index (χ2v) is 4.50. The summed E-state index contributed by atoms with van der Waals surface area (Å²) in [7, 11) is 0. The minimum atomic E-state index is 0.577. The van der Waals surface area contributed by atoms with E-state index in [0.29, 0.717) is 5.71 Å². The van der Waals surface area contributed by atoms with Gasteiger partial charge in [-0.1, -0.05) is 13.0 Å². The molecule has 2 rings (SSSR count). The summed E-state index contributed by atoms with van der Waals surface area (Å²) in [6.07, 6.45) is 3.61. The summed E-state index contributed by atoms with van der Waals surface area (Å²) in [5.41, 5.74) is 2.88. The van der Waals surface area contributed by atoms with Gasteiger partial charge in [-0.2, -0.15) is 0 Å². The van der Waals surface area contributed by atoms with Crippen LogP contribution in [0.5, 0.6) is 5.75 Å². The van der Waals surface area contributed by atoms with E-state index in [9.17, 15) is 0 Å². The molecule has 1 aromatic carbocycles. The smallest absolute Gasteiger partial charge is 0.128 e. The van der Waals surface area contributed by atoms with Crippen LogP contribution in [0.15, 0.2) is 18.2 Å². The van der Waals surface area contributed by atoms with Crippen molar-refractivity contribution in [2.45, 2.75) is 39.0 Å². The third-order valence-electron chi connectivity index (χ3n) is 2.92. The predicted octanol–water partition coefficient (Wildman–Crippen LogP) is 3.74. The lowest BCUT2D eigenvalue weighted by Gasteiger charge is -2.11. The molecule has 0 atom stereocenters. The standard InChI is InChI=1S/C14H19NO/c1-3-8-16-14-9-12(11-4-5-11)6-7-13(14)10(2)15/h6-7,9,11,15H,3-5,8H2,1-2H3. The monoisotopic (exact) mass is 217 g/mol. The first kappa shape index (κ1) is 11.2. The zero-order valence-electron chi connectivity index (χ0n) is 10.0. The average Bonchev–Trinajstić information content (AvgIpc) is 3.09. The van der Waals surface area contributed by atoms with Crippen LogP contribution in [-0.4, -0.2) is 12.3 Å². The maximum absolute atomic E-state index is 7.73. The van der Waals surface area contributed by atoms with Crippen molar-refractivity contribution in [3.8, 4) is 5.75 Å². The molecule has 0 saturated heterocycles. The largest absolute Gasteiger partial charge is 0.493 e. The van der Waals surface area contributed by atoms with Crippen molar-refractivity contribution in [2.75, 3.05) is 6.61 Å². The lowest BCUT2D eigenvalue weighted by atomic mass is 10.0. The minimum Gasteiger partial charge on any atom is -0.493 e. The van der Waals surface area contributed by atoms with Gasteiger partial charge in [0.05, 0.1) is 6.61 Å². The van der Waals surface area contributed by atoms with Gasteiger partial charge in [0.1, 0.15) is 5.75 Å². The number of nitrogens with one attached hydrogen (secondary N) is 1. The van der Waals surface area contributed by atoms with Gasteiger partial charge in [0.2, 0.25) is 0 Å². The predicted molar refractivity (Wildman–Crippen MR) is 66.7 cm³/mol. The van der Waals surface area contributed by atoms with E-state index in [1.165, 1.54) is 18.4 Å². The molecule has 1 aliphatic rings. The van der Waals surface area contributed by atoms with E-state index < -0.39 is 0 Å². The van der Waals surface area contributed by atoms with Gasteiger partial charge in [0.15, 0.2) is 0 Å². The van der Waals surface area contributed by atoms with Crippen molar-refractivity contribution in [3.63, 3.8) is 0 Å². The van der Waals surface area contributed by atoms with Crippen LogP contribution in [0.1, 0.15) is 50.2 Å². The molecule has 16 heavy (non-hydrogen) atoms. The molecule has 0 spiro atoms. The Labute approximate surface area is 97.1 Å². The maximum Gasteiger partial charge on any atom is 0.128 e. The SMILES string of the molecule is CCCOc1cc(C2CC2)ccc1C(C)=N. The molecular formula is C14H19NO. The van der Waals surface area contributed by atoms with Gasteiger partial charge in [0, 0.05) is 11.3 Å². The molecule has 2 nitrogen and oxygen atoms in total. The first-order chi connectivity index (χ1) is 7.72. The van der Waals surface area contributed by atoms with E-state index in [-0.39, 0.29) is 0 Å². The van der Waals surface area contributed by atoms with Crippen molar-refractivity contribution in [1.82, 2.24) is 0 Å². The average molecular weight is 217 g/mol. The lowest BCUT2D eigenvalue weighted by molar-refractivity contribution is 0.316. The summed E-state index contributed by atoms with van der Waals surface area (Å²) in [6.45, 7) is 4.64. The van der Waals surface area contributed by atoms with Crippen LogP contribution in [0.3, 0.4) is 0 Å². The Morgan fingerprint density at radius 2 is 2.19 bits per heavy atom. The van der Waals surface area contributed by atoms with E-state index >= 15 is 0 Å². The number of hydrogen-bond acceptors (Lipinski definition) is 2. The summed E-state index contributed by atoms with van der Waals surface area (Å²) in [5, 5.41) is 7.73. The molecule has 0 aliphatic heterocycles. The molecule has 0 bridgehead atoms. The first-order valence-corrected chi connectivity index (χ1v) is 6.04. The van der Waals surface area contributed by atoms with Crippen molar-refractivity contribution in [1.29, 1.82) is 5.41 Å². The molecule has 0 heterocycles. The van der Waals surface area contributed by atoms with E-state index in [2.05, 4.69) is 19.1 Å². The summed E-state index contributed by atoms with van der Waals surface area (Å²) < 4.78 is 5.73. The number of rotatable bonds is 5. The molecule has 86 valence electrons. The molecule has 1 aliphatic carbocycles. The third-order valence-corrected chi connectivity index (χ3v) is 2.92. The quantitative estimate of drug-likeness (QED) is 0.749. The Balaban J connectivity index is 2.26. The second kappa shape index (κ2) is 4.69. The Bertz CT molecular complexity index is 394. The molecule has 0 radical (unpaired) electrons. The molecule has 2 heteroatoms. The van der Waals surface area contributed by atoms with Crippen LogP contribution < -0.4 is 4.74 Å². The molecule has 0 aromatic heterocycles. The minimum absolute atomic E-state index is 0.577. The highest BCUT2D eigenvalue weighted by molar-refractivity contribution is 5.98. The van der Waals surface area contributed by atoms with Gasteiger partial charge in [-0.15, -0.1) is 0 Å². The van der Waals surface area contributed by atoms with Crippen molar-refractivity contribution in [3.05, 3.63) is 29.3 Å². The number of benzene rings is 1. The zero-order chi connectivity index (χ0) is 11.5. The van der Waals surface area contributed by atoms with Gasteiger partial charge in [0.25, 0.3) is 0 Å². The Kier molecular flexibility index (Phi) is 3.28. The Morgan fingerprint density at radius 3 is 2.75 bits per heavy atom. The van der Waals surface area contributed by atoms with E-state index in [4.69, 9.17) is 10.1 Å². The van der Waals surface area contributed by atoms with Gasteiger partial charge >= 0.3 is 0 Å². The Morgan fingerprint density at radius 1 is 1.44 bits per heavy atom. The maximum atomic E-state index is 7.73. The zero-order valence-corrected chi connectivity index (χ0v) is 10.0. The lowest BCUT2D eigenvalue weighted by Crippen LogP contribution is -2.02. The van der Waals surface area contributed by atoms with Crippen molar-refractivity contribution in [2.24, 2.45) is 0 Å². The van der Waals surface area contributed by atoms with Crippen LogP contribution in [0.4, 0.5) is 0 Å². The normalized spacial score (nSPS) is 14.9. The van der Waals surface area contributed by atoms with Crippen LogP contribution in [0, 0.1) is 5.41 Å². The topological polar surface area (TPSA) is 33.1 Å². The van der Waals surface area contributed by atoms with Crippen LogP contribution in [0.25, 0.3) is 0 Å². The molecular weight excluding hydrogens is 198 g/mol. The van der Waals surface area contributed by atoms with Crippen LogP contribution in [0.2, 0.25) is 0 Å². The molecule has 1 N–H and O–H groups in total.